The van der Waals surface area contributed by atoms with Crippen LogP contribution in [0.2, 0.25) is 0 Å². The molecule has 0 saturated heterocycles. The molecule has 1 aromatic heterocycles. The first-order chi connectivity index (χ1) is 7.74. The second-order valence-corrected chi connectivity index (χ2v) is 5.17. The summed E-state index contributed by atoms with van der Waals surface area (Å²) < 4.78 is 2.82. The van der Waals surface area contributed by atoms with Crippen LogP contribution in [0.1, 0.15) is 0 Å². The summed E-state index contributed by atoms with van der Waals surface area (Å²) in [5.41, 5.74) is -0.244. The zero-order valence-corrected chi connectivity index (χ0v) is 11.2. The minimum absolute atomic E-state index is 0.244. The zero-order valence-electron chi connectivity index (χ0n) is 8.27. The van der Waals surface area contributed by atoms with E-state index in [1.54, 1.807) is 12.1 Å². The molecule has 0 saturated carbocycles. The number of nitrogens with one attached hydrogen (secondary N) is 1. The molecule has 0 fully saturated rings. The Balaban J connectivity index is 2.42. The normalized spacial score (nSPS) is 10.6. The fourth-order valence-corrected chi connectivity index (χ4v) is 2.52. The molecule has 0 spiro atoms. The number of hydrogen-bond donors (Lipinski definition) is 1. The van der Waals surface area contributed by atoms with Gasteiger partial charge in [0, 0.05) is 11.0 Å². The van der Waals surface area contributed by atoms with Crippen LogP contribution in [-0.4, -0.2) is 21.0 Å². The molecule has 0 radical (unpaired) electrons. The number of carbonyl (C=O) groups excluding carboxylic acids is 1. The fourth-order valence-electron chi connectivity index (χ4n) is 1.33. The van der Waals surface area contributed by atoms with Gasteiger partial charge in [-0.15, -0.1) is 0 Å². The van der Waals surface area contributed by atoms with E-state index in [-0.39, 0.29) is 11.6 Å². The molecule has 0 aliphatic rings. The summed E-state index contributed by atoms with van der Waals surface area (Å²) in [7, 11) is 0. The highest BCUT2D eigenvalue weighted by Crippen LogP contribution is 2.15. The van der Waals surface area contributed by atoms with Gasteiger partial charge in [-0.05, 0) is 23.7 Å². The monoisotopic (exact) mass is 348 g/mol. The van der Waals surface area contributed by atoms with E-state index in [2.05, 4.69) is 27.9 Å². The minimum atomic E-state index is -0.345. The van der Waals surface area contributed by atoms with Crippen molar-refractivity contribution in [1.29, 1.82) is 0 Å². The summed E-state index contributed by atoms with van der Waals surface area (Å²) in [5, 5.41) is 3.27. The molecule has 16 heavy (non-hydrogen) atoms. The van der Waals surface area contributed by atoms with Gasteiger partial charge >= 0.3 is 6.03 Å². The van der Waals surface area contributed by atoms with Gasteiger partial charge in [-0.3, -0.25) is 4.79 Å². The van der Waals surface area contributed by atoms with Gasteiger partial charge in [0.25, 0.3) is 5.56 Å². The van der Waals surface area contributed by atoms with Crippen LogP contribution in [0.25, 0.3) is 10.1 Å². The molecular formula is C10H9IN2O2S. The highest BCUT2D eigenvalue weighted by Gasteiger charge is 2.12. The summed E-state index contributed by atoms with van der Waals surface area (Å²) in [6.45, 7) is 0.570. The molecule has 4 nitrogen and oxygen atoms in total. The summed E-state index contributed by atoms with van der Waals surface area (Å²) in [5.74, 6) is 0. The highest BCUT2D eigenvalue weighted by atomic mass is 127. The van der Waals surface area contributed by atoms with Crippen LogP contribution in [0.5, 0.6) is 0 Å². The molecule has 0 unspecified atom stereocenters. The SMILES string of the molecule is O=C(NCCI)n1sc2ccccc2c1=O. The summed E-state index contributed by atoms with van der Waals surface area (Å²) in [6, 6.07) is 6.87. The lowest BCUT2D eigenvalue weighted by Crippen LogP contribution is -2.34. The van der Waals surface area contributed by atoms with Gasteiger partial charge < -0.3 is 5.32 Å². The van der Waals surface area contributed by atoms with Crippen molar-refractivity contribution in [2.75, 3.05) is 11.0 Å². The molecule has 1 amide bonds. The third-order valence-electron chi connectivity index (χ3n) is 2.05. The second-order valence-electron chi connectivity index (χ2n) is 3.11. The lowest BCUT2D eigenvalue weighted by Gasteiger charge is -2.00. The number of benzene rings is 1. The predicted octanol–water partition coefficient (Wildman–Crippen LogP) is 2.06. The maximum Gasteiger partial charge on any atom is 0.338 e. The van der Waals surface area contributed by atoms with E-state index in [1.165, 1.54) is 11.5 Å². The maximum absolute atomic E-state index is 11.8. The van der Waals surface area contributed by atoms with Crippen molar-refractivity contribution in [3.63, 3.8) is 0 Å². The van der Waals surface area contributed by atoms with Gasteiger partial charge in [-0.1, -0.05) is 34.7 Å². The molecule has 0 atom stereocenters. The van der Waals surface area contributed by atoms with Gasteiger partial charge in [-0.2, -0.15) is 3.96 Å². The van der Waals surface area contributed by atoms with E-state index in [4.69, 9.17) is 0 Å². The highest BCUT2D eigenvalue weighted by molar-refractivity contribution is 14.1. The van der Waals surface area contributed by atoms with E-state index in [0.29, 0.717) is 11.9 Å². The van der Waals surface area contributed by atoms with Crippen molar-refractivity contribution in [1.82, 2.24) is 9.27 Å². The van der Waals surface area contributed by atoms with Gasteiger partial charge in [0.1, 0.15) is 0 Å². The number of nitrogens with zero attached hydrogens (tertiary/aromatic N) is 1. The van der Waals surface area contributed by atoms with Gasteiger partial charge in [0.2, 0.25) is 0 Å². The molecule has 0 aliphatic carbocycles. The first-order valence-corrected chi connectivity index (χ1v) is 6.99. The average molecular weight is 348 g/mol. The quantitative estimate of drug-likeness (QED) is 0.667. The molecule has 6 heteroatoms. The molecule has 0 aliphatic heterocycles. The number of alkyl halides is 1. The predicted molar refractivity (Wildman–Crippen MR) is 73.8 cm³/mol. The van der Waals surface area contributed by atoms with Gasteiger partial charge in [-0.25, -0.2) is 4.79 Å². The first kappa shape index (κ1) is 11.6. The number of halogens is 1. The number of aromatic nitrogens is 1. The van der Waals surface area contributed by atoms with E-state index in [1.807, 2.05) is 12.1 Å². The van der Waals surface area contributed by atoms with E-state index in [9.17, 15) is 9.59 Å². The van der Waals surface area contributed by atoms with E-state index in [0.717, 1.165) is 13.1 Å². The third-order valence-corrected chi connectivity index (χ3v) is 3.65. The zero-order chi connectivity index (χ0) is 11.5. The standard InChI is InChI=1S/C10H9IN2O2S/c11-5-6-12-10(15)13-9(14)7-3-1-2-4-8(7)16-13/h1-4H,5-6H2,(H,12,15). The molecule has 1 aromatic carbocycles. The summed E-state index contributed by atoms with van der Waals surface area (Å²) in [6.07, 6.45) is 0. The Bertz CT molecular complexity index is 575. The van der Waals surface area contributed by atoms with Crippen LogP contribution in [0.15, 0.2) is 29.1 Å². The molecule has 0 bridgehead atoms. The molecule has 1 heterocycles. The lowest BCUT2D eigenvalue weighted by molar-refractivity contribution is 0.244. The average Bonchev–Trinajstić information content (AvgIpc) is 2.64. The fraction of sp³-hybridized carbons (Fsp3) is 0.200. The number of rotatable bonds is 2. The van der Waals surface area contributed by atoms with Crippen LogP contribution in [0.4, 0.5) is 4.79 Å². The van der Waals surface area contributed by atoms with Crippen molar-refractivity contribution >= 4 is 50.2 Å². The van der Waals surface area contributed by atoms with Crippen LogP contribution < -0.4 is 10.9 Å². The van der Waals surface area contributed by atoms with E-state index < -0.39 is 0 Å². The number of amides is 1. The van der Waals surface area contributed by atoms with Crippen LogP contribution >= 0.6 is 34.1 Å². The number of carbonyl (C=O) groups is 1. The Labute approximate surface area is 110 Å². The maximum atomic E-state index is 11.8. The van der Waals surface area contributed by atoms with Crippen molar-refractivity contribution in [3.05, 3.63) is 34.6 Å². The smallest absolute Gasteiger partial charge is 0.336 e. The second kappa shape index (κ2) is 4.96. The first-order valence-electron chi connectivity index (χ1n) is 4.69. The van der Waals surface area contributed by atoms with Crippen LogP contribution in [0, 0.1) is 0 Å². The number of hydrogen-bond acceptors (Lipinski definition) is 3. The Kier molecular flexibility index (Phi) is 3.59. The topological polar surface area (TPSA) is 51.1 Å². The van der Waals surface area contributed by atoms with Gasteiger partial charge in [0.05, 0.1) is 10.1 Å². The molecule has 2 aromatic rings. The van der Waals surface area contributed by atoms with Crippen LogP contribution in [0.3, 0.4) is 0 Å². The molecule has 2 rings (SSSR count). The Morgan fingerprint density at radius 1 is 1.44 bits per heavy atom. The van der Waals surface area contributed by atoms with E-state index >= 15 is 0 Å². The van der Waals surface area contributed by atoms with Crippen LogP contribution in [-0.2, 0) is 0 Å². The molecular weight excluding hydrogens is 339 g/mol. The Hall–Kier alpha value is -0.890. The summed E-state index contributed by atoms with van der Waals surface area (Å²) in [4.78, 5) is 23.5. The number of fused-ring (bicyclic) bond motifs is 1. The molecule has 1 N–H and O–H groups in total. The lowest BCUT2D eigenvalue weighted by atomic mass is 10.3. The summed E-state index contributed by atoms with van der Waals surface area (Å²) >= 11 is 3.34. The Morgan fingerprint density at radius 2 is 2.19 bits per heavy atom. The Morgan fingerprint density at radius 3 is 2.88 bits per heavy atom. The van der Waals surface area contributed by atoms with Crippen molar-refractivity contribution in [2.24, 2.45) is 0 Å². The third kappa shape index (κ3) is 2.12. The van der Waals surface area contributed by atoms with Crippen molar-refractivity contribution < 1.29 is 4.79 Å². The largest absolute Gasteiger partial charge is 0.338 e. The van der Waals surface area contributed by atoms with Crippen molar-refractivity contribution in [3.8, 4) is 0 Å². The van der Waals surface area contributed by atoms with Crippen molar-refractivity contribution in [2.45, 2.75) is 0 Å². The van der Waals surface area contributed by atoms with Gasteiger partial charge in [0.15, 0.2) is 0 Å². The molecule has 84 valence electrons. The minimum Gasteiger partial charge on any atom is -0.336 e.